The van der Waals surface area contributed by atoms with Crippen LogP contribution in [0.3, 0.4) is 0 Å². The Labute approximate surface area is 122 Å². The molecule has 1 amide bonds. The van der Waals surface area contributed by atoms with Gasteiger partial charge in [0.2, 0.25) is 6.41 Å². The molecule has 0 spiro atoms. The third-order valence-electron chi connectivity index (χ3n) is 4.60. The second-order valence-corrected chi connectivity index (χ2v) is 5.91. The number of likely N-dealkylation sites (N-methyl/N-ethyl adjacent to an activating group) is 1. The highest BCUT2D eigenvalue weighted by Crippen LogP contribution is 2.30. The van der Waals surface area contributed by atoms with Crippen LogP contribution < -0.4 is 0 Å². The molecule has 1 aliphatic rings. The molecule has 0 saturated heterocycles. The maximum Gasteiger partial charge on any atom is 0.329 e. The summed E-state index contributed by atoms with van der Waals surface area (Å²) in [5.74, 6) is -0.830. The quantitative estimate of drug-likeness (QED) is 0.802. The summed E-state index contributed by atoms with van der Waals surface area (Å²) in [5, 5.41) is 9.73. The monoisotopic (exact) mass is 283 g/mol. The Morgan fingerprint density at radius 2 is 1.40 bits per heavy atom. The van der Waals surface area contributed by atoms with Gasteiger partial charge >= 0.3 is 5.97 Å². The van der Waals surface area contributed by atoms with E-state index < -0.39 is 11.5 Å². The van der Waals surface area contributed by atoms with E-state index in [0.29, 0.717) is 19.4 Å². The molecule has 0 radical (unpaired) electrons. The predicted octanol–water partition coefficient (Wildman–Crippen LogP) is 3.59. The highest BCUT2D eigenvalue weighted by atomic mass is 16.4. The lowest BCUT2D eigenvalue weighted by Crippen LogP contribution is -2.54. The molecule has 4 nitrogen and oxygen atoms in total. The van der Waals surface area contributed by atoms with Crippen LogP contribution in [0.25, 0.3) is 0 Å². The van der Waals surface area contributed by atoms with Gasteiger partial charge in [0.15, 0.2) is 0 Å². The maximum absolute atomic E-state index is 11.9. The molecule has 0 aliphatic heterocycles. The summed E-state index contributed by atoms with van der Waals surface area (Å²) >= 11 is 0. The first-order chi connectivity index (χ1) is 9.67. The predicted molar refractivity (Wildman–Crippen MR) is 79.6 cm³/mol. The number of hydrogen-bond acceptors (Lipinski definition) is 2. The van der Waals surface area contributed by atoms with Crippen LogP contribution in [0, 0.1) is 0 Å². The van der Waals surface area contributed by atoms with Crippen LogP contribution in [0.2, 0.25) is 0 Å². The summed E-state index contributed by atoms with van der Waals surface area (Å²) < 4.78 is 0. The molecule has 0 aromatic heterocycles. The van der Waals surface area contributed by atoms with E-state index in [2.05, 4.69) is 0 Å². The molecule has 4 heteroatoms. The van der Waals surface area contributed by atoms with E-state index in [9.17, 15) is 14.7 Å². The van der Waals surface area contributed by atoms with Gasteiger partial charge in [0, 0.05) is 6.54 Å². The molecule has 0 bridgehead atoms. The zero-order valence-electron chi connectivity index (χ0n) is 12.8. The zero-order valence-corrected chi connectivity index (χ0v) is 12.8. The van der Waals surface area contributed by atoms with Crippen molar-refractivity contribution in [1.29, 1.82) is 0 Å². The molecule has 0 atom stereocenters. The Kier molecular flexibility index (Phi) is 7.63. The number of aliphatic carboxylic acids is 1. The molecule has 0 unspecified atom stereocenters. The minimum Gasteiger partial charge on any atom is -0.479 e. The summed E-state index contributed by atoms with van der Waals surface area (Å²) in [6.07, 6.45) is 12.0. The normalized spacial score (nSPS) is 21.2. The molecule has 116 valence electrons. The Morgan fingerprint density at radius 1 is 1.00 bits per heavy atom. The van der Waals surface area contributed by atoms with Crippen LogP contribution in [-0.4, -0.2) is 34.5 Å². The van der Waals surface area contributed by atoms with Crippen molar-refractivity contribution < 1.29 is 14.7 Å². The van der Waals surface area contributed by atoms with Gasteiger partial charge in [0.25, 0.3) is 0 Å². The second kappa shape index (κ2) is 8.98. The zero-order chi connectivity index (χ0) is 14.8. The summed E-state index contributed by atoms with van der Waals surface area (Å²) in [5.41, 5.74) is -0.976. The lowest BCUT2D eigenvalue weighted by atomic mass is 9.84. The Bertz CT molecular complexity index is 292. The molecule has 20 heavy (non-hydrogen) atoms. The second-order valence-electron chi connectivity index (χ2n) is 5.91. The average molecular weight is 283 g/mol. The molecule has 1 aliphatic carbocycles. The topological polar surface area (TPSA) is 57.6 Å². The number of carboxylic acids is 1. The molecule has 0 aromatic carbocycles. The van der Waals surface area contributed by atoms with Crippen molar-refractivity contribution in [2.75, 3.05) is 6.54 Å². The Balaban J connectivity index is 2.82. The Hall–Kier alpha value is -1.06. The molecule has 1 N–H and O–H groups in total. The van der Waals surface area contributed by atoms with Crippen LogP contribution in [0.15, 0.2) is 0 Å². The summed E-state index contributed by atoms with van der Waals surface area (Å²) in [6.45, 7) is 2.32. The first-order valence-electron chi connectivity index (χ1n) is 8.13. The van der Waals surface area contributed by atoms with E-state index in [4.69, 9.17) is 0 Å². The molecule has 1 rings (SSSR count). The molecule has 1 saturated carbocycles. The minimum absolute atomic E-state index is 0.468. The highest BCUT2D eigenvalue weighted by Gasteiger charge is 2.42. The highest BCUT2D eigenvalue weighted by molar-refractivity contribution is 5.81. The van der Waals surface area contributed by atoms with Gasteiger partial charge in [-0.15, -0.1) is 0 Å². The van der Waals surface area contributed by atoms with Gasteiger partial charge in [-0.1, -0.05) is 57.8 Å². The maximum atomic E-state index is 11.9. The fourth-order valence-corrected chi connectivity index (χ4v) is 3.30. The van der Waals surface area contributed by atoms with Crippen molar-refractivity contribution in [2.45, 2.75) is 83.1 Å². The first-order valence-corrected chi connectivity index (χ1v) is 8.13. The fourth-order valence-electron chi connectivity index (χ4n) is 3.30. The van der Waals surface area contributed by atoms with Crippen molar-refractivity contribution in [3.8, 4) is 0 Å². The number of amides is 1. The van der Waals surface area contributed by atoms with E-state index in [1.54, 1.807) is 0 Å². The van der Waals surface area contributed by atoms with Crippen LogP contribution >= 0.6 is 0 Å². The van der Waals surface area contributed by atoms with E-state index >= 15 is 0 Å². The number of carboxylic acid groups (broad SMARTS) is 1. The van der Waals surface area contributed by atoms with Crippen LogP contribution in [0.1, 0.15) is 77.6 Å². The number of nitrogens with zero attached hydrogens (tertiary/aromatic N) is 1. The van der Waals surface area contributed by atoms with Gasteiger partial charge in [-0.3, -0.25) is 4.79 Å². The number of rotatable bonds is 4. The van der Waals surface area contributed by atoms with E-state index in [0.717, 1.165) is 32.1 Å². The van der Waals surface area contributed by atoms with Crippen molar-refractivity contribution in [2.24, 2.45) is 0 Å². The van der Waals surface area contributed by atoms with E-state index in [1.165, 1.54) is 37.0 Å². The third kappa shape index (κ3) is 4.50. The smallest absolute Gasteiger partial charge is 0.329 e. The van der Waals surface area contributed by atoms with Crippen molar-refractivity contribution in [1.82, 2.24) is 4.90 Å². The molecule has 0 heterocycles. The number of carbonyl (C=O) groups excluding carboxylic acids is 1. The van der Waals surface area contributed by atoms with Gasteiger partial charge in [0.1, 0.15) is 5.54 Å². The fraction of sp³-hybridized carbons (Fsp3) is 0.875. The number of hydrogen-bond donors (Lipinski definition) is 1. The minimum atomic E-state index is -0.976. The molecule has 1 fully saturated rings. The first kappa shape index (κ1) is 17.0. The number of carbonyl (C=O) groups is 2. The molecule has 0 aromatic rings. The van der Waals surface area contributed by atoms with Gasteiger partial charge in [-0.25, -0.2) is 4.79 Å². The molecular weight excluding hydrogens is 254 g/mol. The lowest BCUT2D eigenvalue weighted by Gasteiger charge is -2.38. The van der Waals surface area contributed by atoms with Crippen molar-refractivity contribution >= 4 is 12.4 Å². The van der Waals surface area contributed by atoms with Gasteiger partial charge < -0.3 is 10.0 Å². The van der Waals surface area contributed by atoms with Gasteiger partial charge in [-0.2, -0.15) is 0 Å². The van der Waals surface area contributed by atoms with Crippen LogP contribution in [0.4, 0.5) is 0 Å². The van der Waals surface area contributed by atoms with Crippen LogP contribution in [-0.2, 0) is 9.59 Å². The summed E-state index contributed by atoms with van der Waals surface area (Å²) in [7, 11) is 0. The van der Waals surface area contributed by atoms with E-state index in [1.807, 2.05) is 6.92 Å². The average Bonchev–Trinajstić information content (AvgIpc) is 2.42. The van der Waals surface area contributed by atoms with Gasteiger partial charge in [0.05, 0.1) is 0 Å². The third-order valence-corrected chi connectivity index (χ3v) is 4.60. The Morgan fingerprint density at radius 3 is 1.70 bits per heavy atom. The van der Waals surface area contributed by atoms with E-state index in [-0.39, 0.29) is 0 Å². The SMILES string of the molecule is CCN(C=O)C1(C(=O)O)CCCCCCCCCCC1. The van der Waals surface area contributed by atoms with Crippen LogP contribution in [0.5, 0.6) is 0 Å². The standard InChI is InChI=1S/C16H29NO3/c1-2-17(14-18)16(15(19)20)12-10-8-6-4-3-5-7-9-11-13-16/h14H,2-13H2,1H3,(H,19,20). The van der Waals surface area contributed by atoms with Gasteiger partial charge in [-0.05, 0) is 19.8 Å². The lowest BCUT2D eigenvalue weighted by molar-refractivity contribution is -0.156. The molecular formula is C16H29NO3. The summed E-state index contributed by atoms with van der Waals surface area (Å²) in [4.78, 5) is 24.6. The van der Waals surface area contributed by atoms with Crippen molar-refractivity contribution in [3.63, 3.8) is 0 Å². The largest absolute Gasteiger partial charge is 0.479 e. The van der Waals surface area contributed by atoms with Crippen molar-refractivity contribution in [3.05, 3.63) is 0 Å². The summed E-state index contributed by atoms with van der Waals surface area (Å²) in [6, 6.07) is 0.